The van der Waals surface area contributed by atoms with Gasteiger partial charge < -0.3 is 15.0 Å². The molecular weight excluding hydrogens is 375 g/mol. The molecule has 1 amide bonds. The van der Waals surface area contributed by atoms with Crippen LogP contribution in [0.1, 0.15) is 59.1 Å². The third-order valence-corrected chi connectivity index (χ3v) is 5.26. The minimum absolute atomic E-state index is 0.0457. The molecule has 1 aromatic heterocycles. The number of halogens is 1. The van der Waals surface area contributed by atoms with Crippen LogP contribution in [0.25, 0.3) is 11.6 Å². The van der Waals surface area contributed by atoms with Crippen molar-refractivity contribution < 1.29 is 23.5 Å². The number of nitrogens with one attached hydrogen (secondary N) is 2. The average molecular weight is 396 g/mol. The summed E-state index contributed by atoms with van der Waals surface area (Å²) in [6, 6.07) is 4.14. The van der Waals surface area contributed by atoms with Gasteiger partial charge in [-0.2, -0.15) is 0 Å². The zero-order valence-electron chi connectivity index (χ0n) is 16.1. The number of aromatic amines is 1. The molecule has 0 saturated carbocycles. The van der Waals surface area contributed by atoms with Crippen LogP contribution in [0.3, 0.4) is 0 Å². The fourth-order valence-corrected chi connectivity index (χ4v) is 3.99. The standard InChI is InChI=1S/C22H21FN2O4/c1-2-29-20(27)9-8-14-18(24-16-4-3-5-19(26)21(14)16)11-15-13-7-6-12(23)10-17(13)25-22(15)28/h6-7,10-11,24H,2-5,8-9H2,1H3,(H,25,28). The molecule has 0 unspecified atom stereocenters. The molecule has 0 radical (unpaired) electrons. The van der Waals surface area contributed by atoms with Crippen molar-refractivity contribution in [1.29, 1.82) is 0 Å². The number of carbonyl (C=O) groups excluding carboxylic acids is 3. The van der Waals surface area contributed by atoms with E-state index < -0.39 is 5.82 Å². The highest BCUT2D eigenvalue weighted by Crippen LogP contribution is 2.36. The number of aromatic nitrogens is 1. The average Bonchev–Trinajstić information content (AvgIpc) is 3.18. The van der Waals surface area contributed by atoms with E-state index >= 15 is 0 Å². The summed E-state index contributed by atoms with van der Waals surface area (Å²) in [6.07, 6.45) is 4.15. The highest BCUT2D eigenvalue weighted by Gasteiger charge is 2.29. The number of aryl methyl sites for hydroxylation is 1. The van der Waals surface area contributed by atoms with Gasteiger partial charge in [-0.3, -0.25) is 14.4 Å². The molecule has 0 saturated heterocycles. The molecule has 1 aliphatic carbocycles. The van der Waals surface area contributed by atoms with E-state index in [1.165, 1.54) is 12.1 Å². The van der Waals surface area contributed by atoms with Crippen LogP contribution in [0.4, 0.5) is 10.1 Å². The minimum Gasteiger partial charge on any atom is -0.466 e. The maximum absolute atomic E-state index is 13.5. The van der Waals surface area contributed by atoms with E-state index in [0.29, 0.717) is 47.5 Å². The molecule has 7 heteroatoms. The fraction of sp³-hybridized carbons (Fsp3) is 0.318. The summed E-state index contributed by atoms with van der Waals surface area (Å²) in [7, 11) is 0. The lowest BCUT2D eigenvalue weighted by Crippen LogP contribution is -2.12. The second-order valence-electron chi connectivity index (χ2n) is 7.15. The number of fused-ring (bicyclic) bond motifs is 2. The number of esters is 1. The van der Waals surface area contributed by atoms with Crippen molar-refractivity contribution in [3.63, 3.8) is 0 Å². The number of amides is 1. The maximum atomic E-state index is 13.5. The van der Waals surface area contributed by atoms with E-state index in [1.54, 1.807) is 19.1 Å². The summed E-state index contributed by atoms with van der Waals surface area (Å²) in [5.41, 5.74) is 4.25. The van der Waals surface area contributed by atoms with Crippen molar-refractivity contribution >= 4 is 35.0 Å². The SMILES string of the molecule is CCOC(=O)CCc1c(C=C2C(=O)Nc3cc(F)ccc32)[nH]c2c1C(=O)CCC2. The highest BCUT2D eigenvalue weighted by atomic mass is 19.1. The number of ether oxygens (including phenoxy) is 1. The van der Waals surface area contributed by atoms with Crippen molar-refractivity contribution in [1.82, 2.24) is 4.98 Å². The molecular formula is C22H21FN2O4. The number of carbonyl (C=O) groups is 3. The van der Waals surface area contributed by atoms with Gasteiger partial charge in [-0.25, -0.2) is 4.39 Å². The van der Waals surface area contributed by atoms with E-state index in [1.807, 2.05) is 0 Å². The number of Topliss-reactive ketones (excluding diaryl/α,β-unsaturated/α-hetero) is 1. The van der Waals surface area contributed by atoms with Crippen LogP contribution in [-0.2, 0) is 27.2 Å². The monoisotopic (exact) mass is 396 g/mol. The maximum Gasteiger partial charge on any atom is 0.306 e. The van der Waals surface area contributed by atoms with Gasteiger partial charge >= 0.3 is 5.97 Å². The topological polar surface area (TPSA) is 88.3 Å². The molecule has 2 aliphatic rings. The van der Waals surface area contributed by atoms with Crippen molar-refractivity contribution in [2.45, 2.75) is 39.0 Å². The van der Waals surface area contributed by atoms with Gasteiger partial charge in [0.25, 0.3) is 5.91 Å². The third kappa shape index (κ3) is 3.60. The molecule has 29 heavy (non-hydrogen) atoms. The fourth-order valence-electron chi connectivity index (χ4n) is 3.99. The van der Waals surface area contributed by atoms with Crippen LogP contribution in [-0.4, -0.2) is 29.3 Å². The van der Waals surface area contributed by atoms with Gasteiger partial charge in [0.1, 0.15) is 5.82 Å². The van der Waals surface area contributed by atoms with Gasteiger partial charge in [0.15, 0.2) is 5.78 Å². The second kappa shape index (κ2) is 7.66. The third-order valence-electron chi connectivity index (χ3n) is 5.26. The summed E-state index contributed by atoms with van der Waals surface area (Å²) in [6.45, 7) is 2.04. The smallest absolute Gasteiger partial charge is 0.306 e. The molecule has 2 N–H and O–H groups in total. The number of hydrogen-bond donors (Lipinski definition) is 2. The number of anilines is 1. The first-order chi connectivity index (χ1) is 14.0. The van der Waals surface area contributed by atoms with Crippen LogP contribution in [0, 0.1) is 5.82 Å². The Kier molecular flexibility index (Phi) is 5.05. The van der Waals surface area contributed by atoms with Crippen LogP contribution in [0.5, 0.6) is 0 Å². The van der Waals surface area contributed by atoms with Crippen molar-refractivity contribution in [3.05, 3.63) is 52.1 Å². The molecule has 0 bridgehead atoms. The molecule has 2 aromatic rings. The normalized spacial score (nSPS) is 16.6. The number of H-pyrrole nitrogens is 1. The van der Waals surface area contributed by atoms with E-state index in [-0.39, 0.29) is 24.1 Å². The van der Waals surface area contributed by atoms with Gasteiger partial charge in [0.2, 0.25) is 0 Å². The van der Waals surface area contributed by atoms with E-state index in [0.717, 1.165) is 24.1 Å². The number of rotatable bonds is 5. The lowest BCUT2D eigenvalue weighted by atomic mass is 9.91. The first-order valence-corrected chi connectivity index (χ1v) is 9.73. The lowest BCUT2D eigenvalue weighted by molar-refractivity contribution is -0.143. The zero-order valence-corrected chi connectivity index (χ0v) is 16.1. The van der Waals surface area contributed by atoms with Crippen LogP contribution in [0.15, 0.2) is 18.2 Å². The molecule has 0 fully saturated rings. The summed E-state index contributed by atoms with van der Waals surface area (Å²) in [4.78, 5) is 40.1. The Morgan fingerprint density at radius 2 is 2.10 bits per heavy atom. The zero-order chi connectivity index (χ0) is 20.5. The Labute approximate surface area is 167 Å². The quantitative estimate of drug-likeness (QED) is 0.596. The first-order valence-electron chi connectivity index (χ1n) is 9.73. The molecule has 2 heterocycles. The highest BCUT2D eigenvalue weighted by molar-refractivity contribution is 6.35. The van der Waals surface area contributed by atoms with Crippen LogP contribution < -0.4 is 5.32 Å². The van der Waals surface area contributed by atoms with E-state index in [4.69, 9.17) is 4.74 Å². The van der Waals surface area contributed by atoms with Gasteiger partial charge in [0.05, 0.1) is 17.9 Å². The van der Waals surface area contributed by atoms with Gasteiger partial charge in [-0.1, -0.05) is 0 Å². The Morgan fingerprint density at radius 1 is 1.28 bits per heavy atom. The summed E-state index contributed by atoms with van der Waals surface area (Å²) < 4.78 is 18.5. The molecule has 150 valence electrons. The van der Waals surface area contributed by atoms with Crippen molar-refractivity contribution in [2.24, 2.45) is 0 Å². The largest absolute Gasteiger partial charge is 0.466 e. The number of benzene rings is 1. The molecule has 4 rings (SSSR count). The minimum atomic E-state index is -0.429. The van der Waals surface area contributed by atoms with Crippen molar-refractivity contribution in [3.8, 4) is 0 Å². The Bertz CT molecular complexity index is 1050. The van der Waals surface area contributed by atoms with E-state index in [2.05, 4.69) is 10.3 Å². The summed E-state index contributed by atoms with van der Waals surface area (Å²) >= 11 is 0. The number of hydrogen-bond acceptors (Lipinski definition) is 4. The summed E-state index contributed by atoms with van der Waals surface area (Å²) in [5, 5.41) is 2.66. The molecule has 1 aromatic carbocycles. The molecule has 6 nitrogen and oxygen atoms in total. The predicted octanol–water partition coefficient (Wildman–Crippen LogP) is 3.66. The van der Waals surface area contributed by atoms with E-state index in [9.17, 15) is 18.8 Å². The molecule has 0 spiro atoms. The van der Waals surface area contributed by atoms with Crippen molar-refractivity contribution in [2.75, 3.05) is 11.9 Å². The molecule has 0 atom stereocenters. The van der Waals surface area contributed by atoms with Gasteiger partial charge in [-0.15, -0.1) is 0 Å². The molecule has 1 aliphatic heterocycles. The first kappa shape index (κ1) is 19.1. The van der Waals surface area contributed by atoms with Gasteiger partial charge in [0, 0.05) is 35.4 Å². The van der Waals surface area contributed by atoms with Crippen LogP contribution in [0.2, 0.25) is 0 Å². The van der Waals surface area contributed by atoms with Gasteiger partial charge in [-0.05, 0) is 56.0 Å². The second-order valence-corrected chi connectivity index (χ2v) is 7.15. The Morgan fingerprint density at radius 3 is 2.90 bits per heavy atom. The Balaban J connectivity index is 1.76. The predicted molar refractivity (Wildman–Crippen MR) is 106 cm³/mol. The summed E-state index contributed by atoms with van der Waals surface area (Å²) in [5.74, 6) is -1.05. The lowest BCUT2D eigenvalue weighted by Gasteiger charge is -2.11. The Hall–Kier alpha value is -3.22. The number of ketones is 1. The van der Waals surface area contributed by atoms with Crippen LogP contribution >= 0.6 is 0 Å².